The minimum atomic E-state index is -2.43. The second kappa shape index (κ2) is 7.35. The van der Waals surface area contributed by atoms with Crippen LogP contribution < -0.4 is 5.32 Å². The molecule has 0 radical (unpaired) electrons. The van der Waals surface area contributed by atoms with Crippen LogP contribution in [0.15, 0.2) is 0 Å². The maximum atomic E-state index is 5.87. The van der Waals surface area contributed by atoms with E-state index < -0.39 is 8.80 Å². The van der Waals surface area contributed by atoms with Gasteiger partial charge >= 0.3 is 8.80 Å². The third-order valence-corrected chi connectivity index (χ3v) is 4.41. The van der Waals surface area contributed by atoms with E-state index in [9.17, 15) is 0 Å². The predicted molar refractivity (Wildman–Crippen MR) is 63.6 cm³/mol. The fourth-order valence-corrected chi connectivity index (χ4v) is 2.32. The van der Waals surface area contributed by atoms with Gasteiger partial charge in [-0.25, -0.2) is 0 Å². The summed E-state index contributed by atoms with van der Waals surface area (Å²) in [5, 5.41) is 3.29. The Balaban J connectivity index is 4.24. The van der Waals surface area contributed by atoms with Crippen LogP contribution in [0, 0.1) is 5.92 Å². The fourth-order valence-electron chi connectivity index (χ4n) is 1.27. The van der Waals surface area contributed by atoms with Gasteiger partial charge in [-0.2, -0.15) is 0 Å². The van der Waals surface area contributed by atoms with Gasteiger partial charge in [0.2, 0.25) is 0 Å². The zero-order valence-electron chi connectivity index (χ0n) is 10.8. The first-order valence-electron chi connectivity index (χ1n) is 5.49. The van der Waals surface area contributed by atoms with Gasteiger partial charge in [0.05, 0.1) is 0 Å². The molecule has 0 amide bonds. The summed E-state index contributed by atoms with van der Waals surface area (Å²) in [5.41, 5.74) is 0. The Morgan fingerprint density at radius 1 is 1.20 bits per heavy atom. The van der Waals surface area contributed by atoms with Gasteiger partial charge in [0, 0.05) is 20.8 Å². The quantitative estimate of drug-likeness (QED) is 0.515. The first-order chi connectivity index (χ1) is 6.97. The molecule has 0 rings (SSSR count). The van der Waals surface area contributed by atoms with Gasteiger partial charge < -0.3 is 13.3 Å². The molecular weight excluding hydrogens is 210 g/mol. The Kier molecular flexibility index (Phi) is 7.38. The standard InChI is InChI=1S/C10H25NO3Si/c1-7-11-10(8-9(2)3)14-15(6,12-4)13-5/h9-11H,7-8H2,1-6H3. The molecule has 92 valence electrons. The molecule has 0 aliphatic rings. The van der Waals surface area contributed by atoms with Gasteiger partial charge in [0.1, 0.15) is 6.23 Å². The van der Waals surface area contributed by atoms with Crippen molar-refractivity contribution in [3.05, 3.63) is 0 Å². The number of hydrogen-bond donors (Lipinski definition) is 1. The lowest BCUT2D eigenvalue weighted by Gasteiger charge is -2.29. The Morgan fingerprint density at radius 3 is 2.07 bits per heavy atom. The largest absolute Gasteiger partial charge is 0.498 e. The fraction of sp³-hybridized carbons (Fsp3) is 1.00. The van der Waals surface area contributed by atoms with Crippen LogP contribution in [0.4, 0.5) is 0 Å². The highest BCUT2D eigenvalue weighted by molar-refractivity contribution is 6.59. The van der Waals surface area contributed by atoms with Crippen LogP contribution in [0.1, 0.15) is 27.2 Å². The van der Waals surface area contributed by atoms with Crippen molar-refractivity contribution < 1.29 is 13.3 Å². The summed E-state index contributed by atoms with van der Waals surface area (Å²) in [6.07, 6.45) is 0.981. The van der Waals surface area contributed by atoms with Crippen LogP contribution >= 0.6 is 0 Å². The van der Waals surface area contributed by atoms with Gasteiger partial charge in [-0.15, -0.1) is 0 Å². The highest BCUT2D eigenvalue weighted by atomic mass is 28.4. The molecule has 4 nitrogen and oxygen atoms in total. The molecule has 1 atom stereocenters. The maximum absolute atomic E-state index is 5.87. The monoisotopic (exact) mass is 235 g/mol. The molecule has 15 heavy (non-hydrogen) atoms. The SMILES string of the molecule is CCNC(CC(C)C)O[Si](C)(OC)OC. The van der Waals surface area contributed by atoms with Crippen LogP contribution in [0.25, 0.3) is 0 Å². The van der Waals surface area contributed by atoms with Crippen LogP contribution in [0.3, 0.4) is 0 Å². The lowest BCUT2D eigenvalue weighted by Crippen LogP contribution is -2.48. The Labute approximate surface area is 94.7 Å². The third kappa shape index (κ3) is 6.27. The van der Waals surface area contributed by atoms with E-state index in [0.717, 1.165) is 13.0 Å². The van der Waals surface area contributed by atoms with E-state index in [1.54, 1.807) is 14.2 Å². The molecule has 0 aliphatic heterocycles. The van der Waals surface area contributed by atoms with Crippen molar-refractivity contribution in [3.63, 3.8) is 0 Å². The van der Waals surface area contributed by atoms with Crippen molar-refractivity contribution in [2.45, 2.75) is 40.0 Å². The van der Waals surface area contributed by atoms with Crippen molar-refractivity contribution in [1.29, 1.82) is 0 Å². The summed E-state index contributed by atoms with van der Waals surface area (Å²) < 4.78 is 16.5. The smallest absolute Gasteiger partial charge is 0.377 e. The van der Waals surface area contributed by atoms with Crippen molar-refractivity contribution >= 4 is 8.80 Å². The van der Waals surface area contributed by atoms with Gasteiger partial charge in [0.15, 0.2) is 0 Å². The summed E-state index contributed by atoms with van der Waals surface area (Å²) in [5.74, 6) is 0.584. The van der Waals surface area contributed by atoms with E-state index in [2.05, 4.69) is 26.1 Å². The molecule has 1 unspecified atom stereocenters. The third-order valence-electron chi connectivity index (χ3n) is 2.22. The summed E-state index contributed by atoms with van der Waals surface area (Å²) in [7, 11) is 0.839. The second-order valence-corrected chi connectivity index (χ2v) is 6.84. The second-order valence-electron chi connectivity index (χ2n) is 4.06. The normalized spacial score (nSPS) is 14.6. The van der Waals surface area contributed by atoms with Crippen molar-refractivity contribution in [3.8, 4) is 0 Å². The molecule has 0 fully saturated rings. The number of nitrogens with one attached hydrogen (secondary N) is 1. The van der Waals surface area contributed by atoms with Crippen LogP contribution in [-0.4, -0.2) is 35.8 Å². The summed E-state index contributed by atoms with van der Waals surface area (Å²) in [6.45, 7) is 9.19. The van der Waals surface area contributed by atoms with E-state index >= 15 is 0 Å². The molecule has 0 bridgehead atoms. The molecule has 1 N–H and O–H groups in total. The summed E-state index contributed by atoms with van der Waals surface area (Å²) >= 11 is 0. The van der Waals surface area contributed by atoms with Crippen molar-refractivity contribution in [1.82, 2.24) is 5.32 Å². The van der Waals surface area contributed by atoms with Crippen LogP contribution in [0.2, 0.25) is 6.55 Å². The average Bonchev–Trinajstić information content (AvgIpc) is 2.17. The zero-order valence-corrected chi connectivity index (χ0v) is 11.8. The van der Waals surface area contributed by atoms with Crippen molar-refractivity contribution in [2.24, 2.45) is 5.92 Å². The molecule has 0 aliphatic carbocycles. The Hall–Kier alpha value is 0.0569. The van der Waals surface area contributed by atoms with Crippen LogP contribution in [-0.2, 0) is 13.3 Å². The van der Waals surface area contributed by atoms with Gasteiger partial charge in [0.25, 0.3) is 0 Å². The molecule has 0 saturated carbocycles. The highest BCUT2D eigenvalue weighted by Crippen LogP contribution is 2.14. The minimum Gasteiger partial charge on any atom is -0.377 e. The zero-order chi connectivity index (χ0) is 11.9. The first-order valence-corrected chi connectivity index (χ1v) is 7.71. The molecule has 5 heteroatoms. The van der Waals surface area contributed by atoms with E-state index in [1.165, 1.54) is 0 Å². The molecule has 0 heterocycles. The average molecular weight is 235 g/mol. The predicted octanol–water partition coefficient (Wildman–Crippen LogP) is 1.85. The molecule has 0 aromatic carbocycles. The lowest BCUT2D eigenvalue weighted by molar-refractivity contribution is 0.0353. The molecular formula is C10H25NO3Si. The summed E-state index contributed by atoms with van der Waals surface area (Å²) in [6, 6.07) is 0. The Bertz CT molecular complexity index is 163. The van der Waals surface area contributed by atoms with Gasteiger partial charge in [-0.1, -0.05) is 20.8 Å². The highest BCUT2D eigenvalue weighted by Gasteiger charge is 2.35. The number of hydrogen-bond acceptors (Lipinski definition) is 4. The van der Waals surface area contributed by atoms with E-state index in [1.807, 2.05) is 6.55 Å². The Morgan fingerprint density at radius 2 is 1.73 bits per heavy atom. The molecule has 0 aromatic heterocycles. The lowest BCUT2D eigenvalue weighted by atomic mass is 10.1. The van der Waals surface area contributed by atoms with Gasteiger partial charge in [-0.3, -0.25) is 5.32 Å². The van der Waals surface area contributed by atoms with Gasteiger partial charge in [-0.05, 0) is 18.9 Å². The summed E-state index contributed by atoms with van der Waals surface area (Å²) in [4.78, 5) is 0. The molecule has 0 saturated heterocycles. The molecule has 0 spiro atoms. The molecule has 0 aromatic rings. The topological polar surface area (TPSA) is 39.7 Å². The minimum absolute atomic E-state index is 0.0200. The van der Waals surface area contributed by atoms with Crippen molar-refractivity contribution in [2.75, 3.05) is 20.8 Å². The van der Waals surface area contributed by atoms with E-state index in [0.29, 0.717) is 5.92 Å². The maximum Gasteiger partial charge on any atom is 0.498 e. The van der Waals surface area contributed by atoms with Crippen LogP contribution in [0.5, 0.6) is 0 Å². The first kappa shape index (κ1) is 15.1. The number of rotatable bonds is 8. The van der Waals surface area contributed by atoms with E-state index in [-0.39, 0.29) is 6.23 Å². The van der Waals surface area contributed by atoms with E-state index in [4.69, 9.17) is 13.3 Å².